The number of aromatic nitrogens is 2. The molecule has 2 rings (SSSR count). The fraction of sp³-hybridized carbons (Fsp3) is 0.588. The van der Waals surface area contributed by atoms with Crippen molar-refractivity contribution in [2.75, 3.05) is 26.6 Å². The van der Waals surface area contributed by atoms with Crippen molar-refractivity contribution in [3.63, 3.8) is 0 Å². The second kappa shape index (κ2) is 8.07. The molecule has 0 saturated heterocycles. The molecule has 0 fully saturated rings. The normalized spacial score (nSPS) is 13.9. The fourth-order valence-corrected chi connectivity index (χ4v) is 3.53. The lowest BCUT2D eigenvalue weighted by Crippen LogP contribution is -2.23. The Morgan fingerprint density at radius 3 is 2.41 bits per heavy atom. The Hall–Kier alpha value is -1.78. The smallest absolute Gasteiger partial charge is 0.418 e. The number of hydrogen-bond donors (Lipinski definition) is 1. The summed E-state index contributed by atoms with van der Waals surface area (Å²) in [5.74, 6) is 0.0806. The van der Waals surface area contributed by atoms with Gasteiger partial charge in [0.1, 0.15) is 12.5 Å². The Bertz CT molecular complexity index is 788. The summed E-state index contributed by atoms with van der Waals surface area (Å²) in [5, 5.41) is 4.51. The summed E-state index contributed by atoms with van der Waals surface area (Å²) in [4.78, 5) is 0. The Labute approximate surface area is 157 Å². The lowest BCUT2D eigenvalue weighted by Gasteiger charge is -2.21. The van der Waals surface area contributed by atoms with Crippen LogP contribution in [-0.2, 0) is 16.2 Å². The number of nitrogens with zero attached hydrogens (tertiary/aromatic N) is 2. The van der Waals surface area contributed by atoms with Crippen molar-refractivity contribution in [3.05, 3.63) is 17.7 Å². The van der Waals surface area contributed by atoms with Gasteiger partial charge < -0.3 is 19.9 Å². The third-order valence-electron chi connectivity index (χ3n) is 4.16. The molecular formula is C17H26F3N3O3Si. The van der Waals surface area contributed by atoms with Crippen LogP contribution in [0.15, 0.2) is 12.1 Å². The summed E-state index contributed by atoms with van der Waals surface area (Å²) < 4.78 is 57.0. The van der Waals surface area contributed by atoms with Crippen LogP contribution in [0.4, 0.5) is 19.0 Å². The maximum atomic E-state index is 13.3. The fourth-order valence-electron chi connectivity index (χ4n) is 2.78. The minimum Gasteiger partial charge on any atom is -0.496 e. The number of benzene rings is 1. The molecule has 0 aliphatic heterocycles. The molecule has 0 bridgehead atoms. The van der Waals surface area contributed by atoms with Crippen LogP contribution in [0.2, 0.25) is 25.7 Å². The molecule has 1 aromatic heterocycles. The van der Waals surface area contributed by atoms with Crippen molar-refractivity contribution in [1.82, 2.24) is 9.78 Å². The average molecular weight is 405 g/mol. The monoisotopic (exact) mass is 405 g/mol. The first-order valence-corrected chi connectivity index (χ1v) is 12.2. The summed E-state index contributed by atoms with van der Waals surface area (Å²) >= 11 is 0. The van der Waals surface area contributed by atoms with Gasteiger partial charge in [0.05, 0.1) is 18.0 Å². The number of rotatable bonds is 8. The minimum absolute atomic E-state index is 0.00234. The van der Waals surface area contributed by atoms with E-state index in [1.165, 1.54) is 23.9 Å². The zero-order valence-electron chi connectivity index (χ0n) is 16.2. The van der Waals surface area contributed by atoms with Gasteiger partial charge in [0.25, 0.3) is 0 Å². The highest BCUT2D eigenvalue weighted by molar-refractivity contribution is 6.76. The van der Waals surface area contributed by atoms with Crippen molar-refractivity contribution >= 4 is 24.8 Å². The van der Waals surface area contributed by atoms with E-state index in [1.54, 1.807) is 0 Å². The van der Waals surface area contributed by atoms with Gasteiger partial charge in [-0.15, -0.1) is 0 Å². The number of fused-ring (bicyclic) bond motifs is 1. The van der Waals surface area contributed by atoms with Gasteiger partial charge in [-0.25, -0.2) is 4.68 Å². The number of hydrogen-bond acceptors (Lipinski definition) is 5. The van der Waals surface area contributed by atoms with Crippen LogP contribution in [0.25, 0.3) is 10.9 Å². The second-order valence-electron chi connectivity index (χ2n) is 7.47. The minimum atomic E-state index is -4.58. The molecule has 0 aliphatic carbocycles. The summed E-state index contributed by atoms with van der Waals surface area (Å²) in [6, 6.07) is 3.84. The molecule has 0 saturated carbocycles. The number of nitrogens with two attached hydrogens (primary N) is 1. The predicted molar refractivity (Wildman–Crippen MR) is 101 cm³/mol. The first kappa shape index (κ1) is 21.5. The van der Waals surface area contributed by atoms with E-state index >= 15 is 0 Å². The van der Waals surface area contributed by atoms with Gasteiger partial charge in [-0.1, -0.05) is 25.7 Å². The highest BCUT2D eigenvalue weighted by Gasteiger charge is 2.43. The van der Waals surface area contributed by atoms with E-state index in [4.69, 9.17) is 15.2 Å². The highest BCUT2D eigenvalue weighted by atomic mass is 28.3. The Balaban J connectivity index is 2.38. The predicted octanol–water partition coefficient (Wildman–Crippen LogP) is 4.19. The van der Waals surface area contributed by atoms with E-state index in [1.807, 2.05) is 0 Å². The lowest BCUT2D eigenvalue weighted by atomic mass is 10.0. The van der Waals surface area contributed by atoms with Gasteiger partial charge in [-0.2, -0.15) is 18.3 Å². The molecule has 0 aliphatic rings. The number of methoxy groups -OCH3 is 2. The quantitative estimate of drug-likeness (QED) is 0.527. The Morgan fingerprint density at radius 1 is 1.22 bits per heavy atom. The van der Waals surface area contributed by atoms with Gasteiger partial charge >= 0.3 is 6.18 Å². The summed E-state index contributed by atoms with van der Waals surface area (Å²) in [5.41, 5.74) is 6.36. The molecule has 6 nitrogen and oxygen atoms in total. The summed E-state index contributed by atoms with van der Waals surface area (Å²) in [7, 11) is 1.07. The molecule has 152 valence electrons. The first-order valence-electron chi connectivity index (χ1n) is 8.49. The zero-order valence-corrected chi connectivity index (χ0v) is 17.2. The van der Waals surface area contributed by atoms with Gasteiger partial charge in [0.15, 0.2) is 11.9 Å². The number of nitrogen functional groups attached to an aromatic ring is 1. The van der Waals surface area contributed by atoms with Crippen LogP contribution in [0.3, 0.4) is 0 Å². The molecule has 1 aromatic carbocycles. The van der Waals surface area contributed by atoms with Crippen molar-refractivity contribution < 1.29 is 27.4 Å². The molecule has 0 spiro atoms. The van der Waals surface area contributed by atoms with Crippen molar-refractivity contribution in [2.24, 2.45) is 0 Å². The maximum absolute atomic E-state index is 13.3. The van der Waals surface area contributed by atoms with Crippen molar-refractivity contribution in [2.45, 2.75) is 44.7 Å². The molecule has 1 unspecified atom stereocenters. The van der Waals surface area contributed by atoms with Crippen LogP contribution in [-0.4, -0.2) is 44.9 Å². The summed E-state index contributed by atoms with van der Waals surface area (Å²) in [6.45, 7) is 7.49. The van der Waals surface area contributed by atoms with Crippen LogP contribution < -0.4 is 10.5 Å². The Kier molecular flexibility index (Phi) is 6.43. The zero-order chi connectivity index (χ0) is 20.4. The third-order valence-corrected chi connectivity index (χ3v) is 5.86. The Morgan fingerprint density at radius 2 is 1.89 bits per heavy atom. The largest absolute Gasteiger partial charge is 0.496 e. The maximum Gasteiger partial charge on any atom is 0.418 e. The molecule has 2 aromatic rings. The molecule has 10 heteroatoms. The second-order valence-corrected chi connectivity index (χ2v) is 13.1. The van der Waals surface area contributed by atoms with Crippen molar-refractivity contribution in [3.8, 4) is 5.75 Å². The molecule has 1 heterocycles. The highest BCUT2D eigenvalue weighted by Crippen LogP contribution is 2.43. The molecule has 0 radical (unpaired) electrons. The first-order chi connectivity index (χ1) is 12.5. The van der Waals surface area contributed by atoms with Gasteiger partial charge in [-0.05, 0) is 12.1 Å². The van der Waals surface area contributed by atoms with Crippen LogP contribution in [0.5, 0.6) is 5.75 Å². The van der Waals surface area contributed by atoms with E-state index in [-0.39, 0.29) is 23.9 Å². The van der Waals surface area contributed by atoms with Crippen LogP contribution in [0, 0.1) is 0 Å². The van der Waals surface area contributed by atoms with Crippen LogP contribution >= 0.6 is 0 Å². The SMILES string of the molecule is COc1c(C(OC)C(F)(F)F)ccc2c1c(N)nn2COCC[Si](C)(C)C. The average Bonchev–Trinajstić information content (AvgIpc) is 2.86. The van der Waals surface area contributed by atoms with E-state index in [2.05, 4.69) is 29.5 Å². The van der Waals surface area contributed by atoms with Crippen molar-refractivity contribution in [1.29, 1.82) is 0 Å². The molecular weight excluding hydrogens is 379 g/mol. The van der Waals surface area contributed by atoms with Crippen LogP contribution in [0.1, 0.15) is 11.7 Å². The van der Waals surface area contributed by atoms with Gasteiger partial charge in [0, 0.05) is 27.4 Å². The number of anilines is 1. The topological polar surface area (TPSA) is 71.5 Å². The number of alkyl halides is 3. The summed E-state index contributed by atoms with van der Waals surface area (Å²) in [6.07, 6.45) is -6.70. The van der Waals surface area contributed by atoms with Gasteiger partial charge in [0.2, 0.25) is 0 Å². The molecule has 1 atom stereocenters. The lowest BCUT2D eigenvalue weighted by molar-refractivity contribution is -0.216. The van der Waals surface area contributed by atoms with Gasteiger partial charge in [-0.3, -0.25) is 0 Å². The van der Waals surface area contributed by atoms with E-state index in [0.717, 1.165) is 13.2 Å². The van der Waals surface area contributed by atoms with E-state index in [0.29, 0.717) is 17.5 Å². The standard InChI is InChI=1S/C17H26F3N3O3Si/c1-24-14-11(15(25-2)17(18,19)20)6-7-12-13(14)16(21)22-23(12)10-26-8-9-27(3,4)5/h6-7,15H,8-10H2,1-5H3,(H2,21,22). The molecule has 2 N–H and O–H groups in total. The number of ether oxygens (including phenoxy) is 3. The van der Waals surface area contributed by atoms with E-state index < -0.39 is 20.4 Å². The van der Waals surface area contributed by atoms with E-state index in [9.17, 15) is 13.2 Å². The number of halogens is 3. The third kappa shape index (κ3) is 4.93. The molecule has 27 heavy (non-hydrogen) atoms. The molecule has 0 amide bonds.